The molecule has 0 saturated heterocycles. The topological polar surface area (TPSA) is 58.6 Å². The summed E-state index contributed by atoms with van der Waals surface area (Å²) < 4.78 is 4.89. The minimum absolute atomic E-state index is 0.164. The van der Waals surface area contributed by atoms with Crippen LogP contribution in [-0.4, -0.2) is 53.3 Å². The predicted molar refractivity (Wildman–Crippen MR) is 70.1 cm³/mol. The molecule has 15 heavy (non-hydrogen) atoms. The molecule has 0 unspecified atom stereocenters. The molecule has 0 fully saturated rings. The molecule has 0 aliphatic carbocycles. The van der Waals surface area contributed by atoms with Gasteiger partial charge in [-0.05, 0) is 0 Å². The van der Waals surface area contributed by atoms with Gasteiger partial charge in [-0.1, -0.05) is 0 Å². The van der Waals surface area contributed by atoms with Crippen LogP contribution in [0.4, 0.5) is 4.79 Å². The van der Waals surface area contributed by atoms with E-state index in [0.29, 0.717) is 18.9 Å². The lowest BCUT2D eigenvalue weighted by molar-refractivity contribution is 0.154. The predicted octanol–water partition coefficient (Wildman–Crippen LogP) is 1.06. The Morgan fingerprint density at radius 1 is 1.33 bits per heavy atom. The molecular formula is C8H17NO3S3. The summed E-state index contributed by atoms with van der Waals surface area (Å²) in [6.45, 7) is 1.15. The van der Waals surface area contributed by atoms with E-state index in [2.05, 4.69) is 17.9 Å². The van der Waals surface area contributed by atoms with E-state index >= 15 is 0 Å². The molecule has 0 spiro atoms. The Bertz CT molecular complexity index is 160. The number of carbonyl (C=O) groups is 1. The molecule has 0 radical (unpaired) electrons. The number of carbonyl (C=O) groups excluding carboxylic acids is 1. The van der Waals surface area contributed by atoms with Crippen LogP contribution in [0.5, 0.6) is 0 Å². The van der Waals surface area contributed by atoms with Crippen molar-refractivity contribution in [1.82, 2.24) is 5.32 Å². The number of nitrogens with one attached hydrogen (secondary N) is 1. The molecule has 0 aromatic rings. The molecule has 0 bridgehead atoms. The fraction of sp³-hybridized carbons (Fsp3) is 0.875. The normalized spacial score (nSPS) is 10.0. The number of hydrogen-bond acceptors (Lipinski definition) is 6. The minimum atomic E-state index is -0.376. The maximum Gasteiger partial charge on any atom is 0.407 e. The Morgan fingerprint density at radius 2 is 2.13 bits per heavy atom. The van der Waals surface area contributed by atoms with Crippen LogP contribution in [0.1, 0.15) is 0 Å². The second kappa shape index (κ2) is 12.4. The Labute approximate surface area is 104 Å². The zero-order valence-electron chi connectivity index (χ0n) is 8.48. The Hall–Kier alpha value is 0.280. The van der Waals surface area contributed by atoms with Gasteiger partial charge in [-0.25, -0.2) is 4.79 Å². The fourth-order valence-electron chi connectivity index (χ4n) is 0.701. The Kier molecular flexibility index (Phi) is 12.6. The molecule has 4 nitrogen and oxygen atoms in total. The fourth-order valence-corrected chi connectivity index (χ4v) is 2.00. The van der Waals surface area contributed by atoms with Gasteiger partial charge in [0, 0.05) is 28.9 Å². The third kappa shape index (κ3) is 12.2. The molecular weight excluding hydrogens is 254 g/mol. The second-order valence-corrected chi connectivity index (χ2v) is 5.51. The average Bonchev–Trinajstić information content (AvgIpc) is 2.24. The second-order valence-electron chi connectivity index (χ2n) is 2.44. The van der Waals surface area contributed by atoms with E-state index in [9.17, 15) is 4.79 Å². The first-order chi connectivity index (χ1) is 7.31. The smallest absolute Gasteiger partial charge is 0.407 e. The molecule has 0 heterocycles. The summed E-state index contributed by atoms with van der Waals surface area (Å²) in [5, 5.41) is 11.9. The van der Waals surface area contributed by atoms with E-state index in [0.717, 1.165) is 16.6 Å². The van der Waals surface area contributed by atoms with E-state index in [1.807, 2.05) is 0 Å². The number of hydrogen-bond donors (Lipinski definition) is 3. The highest BCUT2D eigenvalue weighted by Crippen LogP contribution is 1.99. The molecule has 0 atom stereocenters. The lowest BCUT2D eigenvalue weighted by Crippen LogP contribution is -2.27. The Balaban J connectivity index is 3.11. The maximum absolute atomic E-state index is 11.0. The third-order valence-corrected chi connectivity index (χ3v) is 3.45. The number of alkyl carbamates (subject to hydrolysis) is 1. The summed E-state index contributed by atoms with van der Waals surface area (Å²) in [4.78, 5) is 11.0. The molecule has 90 valence electrons. The molecule has 0 aromatic carbocycles. The number of ether oxygens (including phenoxy) is 1. The van der Waals surface area contributed by atoms with Gasteiger partial charge in [-0.2, -0.15) is 24.4 Å². The number of aliphatic hydroxyl groups excluding tert-OH is 1. The van der Waals surface area contributed by atoms with Crippen LogP contribution >= 0.6 is 36.2 Å². The van der Waals surface area contributed by atoms with Gasteiger partial charge < -0.3 is 15.2 Å². The first kappa shape index (κ1) is 15.3. The van der Waals surface area contributed by atoms with Crippen molar-refractivity contribution in [2.75, 3.05) is 42.1 Å². The van der Waals surface area contributed by atoms with E-state index in [-0.39, 0.29) is 12.7 Å². The molecule has 7 heteroatoms. The van der Waals surface area contributed by atoms with Crippen molar-refractivity contribution in [1.29, 1.82) is 0 Å². The third-order valence-electron chi connectivity index (χ3n) is 1.30. The van der Waals surface area contributed by atoms with Gasteiger partial charge in [0.2, 0.25) is 0 Å². The minimum Gasteiger partial charge on any atom is -0.449 e. The highest BCUT2D eigenvalue weighted by molar-refractivity contribution is 8.09. The summed E-state index contributed by atoms with van der Waals surface area (Å²) in [7, 11) is 0. The molecule has 0 rings (SSSR count). The van der Waals surface area contributed by atoms with Crippen LogP contribution in [0.15, 0.2) is 0 Å². The highest BCUT2D eigenvalue weighted by Gasteiger charge is 1.99. The molecule has 0 aromatic heterocycles. The average molecular weight is 271 g/mol. The van der Waals surface area contributed by atoms with Crippen LogP contribution < -0.4 is 5.32 Å². The van der Waals surface area contributed by atoms with Crippen molar-refractivity contribution < 1.29 is 14.6 Å². The Morgan fingerprint density at radius 3 is 2.80 bits per heavy atom. The van der Waals surface area contributed by atoms with E-state index in [4.69, 9.17) is 9.84 Å². The maximum atomic E-state index is 11.0. The van der Waals surface area contributed by atoms with Gasteiger partial charge in [0.1, 0.15) is 6.61 Å². The van der Waals surface area contributed by atoms with E-state index in [1.165, 1.54) is 0 Å². The van der Waals surface area contributed by atoms with Crippen LogP contribution in [0, 0.1) is 0 Å². The van der Waals surface area contributed by atoms with Crippen molar-refractivity contribution >= 4 is 42.2 Å². The number of amides is 1. The summed E-state index contributed by atoms with van der Waals surface area (Å²) in [5.41, 5.74) is 0. The van der Waals surface area contributed by atoms with Crippen molar-refractivity contribution in [3.05, 3.63) is 0 Å². The molecule has 2 N–H and O–H groups in total. The first-order valence-corrected chi connectivity index (χ1v) is 7.53. The van der Waals surface area contributed by atoms with Crippen LogP contribution in [0.2, 0.25) is 0 Å². The van der Waals surface area contributed by atoms with Crippen molar-refractivity contribution in [2.24, 2.45) is 0 Å². The summed E-state index contributed by atoms with van der Waals surface area (Å²) >= 11 is 7.24. The lowest BCUT2D eigenvalue weighted by atomic mass is 10.7. The lowest BCUT2D eigenvalue weighted by Gasteiger charge is -2.05. The first-order valence-electron chi connectivity index (χ1n) is 4.59. The standard InChI is InChI=1S/C8H17NO3S3/c10-2-5-14-6-3-12-8(11)9-1-4-15-7-13/h10,13H,1-7H2,(H,9,11). The number of thiol groups is 1. The van der Waals surface area contributed by atoms with Gasteiger partial charge in [-0.15, -0.1) is 11.8 Å². The van der Waals surface area contributed by atoms with Gasteiger partial charge in [0.15, 0.2) is 0 Å². The van der Waals surface area contributed by atoms with Crippen LogP contribution in [0.25, 0.3) is 0 Å². The summed E-state index contributed by atoms with van der Waals surface area (Å²) in [5.74, 6) is 2.25. The van der Waals surface area contributed by atoms with Crippen molar-refractivity contribution in [3.63, 3.8) is 0 Å². The molecule has 0 aliphatic heterocycles. The van der Waals surface area contributed by atoms with Crippen LogP contribution in [0.3, 0.4) is 0 Å². The molecule has 0 saturated carbocycles. The monoisotopic (exact) mass is 271 g/mol. The van der Waals surface area contributed by atoms with Gasteiger partial charge in [0.25, 0.3) is 0 Å². The van der Waals surface area contributed by atoms with Gasteiger partial charge in [0.05, 0.1) is 6.61 Å². The SMILES string of the molecule is O=C(NCCSCS)OCCSCCO. The van der Waals surface area contributed by atoms with Crippen molar-refractivity contribution in [3.8, 4) is 0 Å². The van der Waals surface area contributed by atoms with Gasteiger partial charge >= 0.3 is 6.09 Å². The number of thioether (sulfide) groups is 2. The zero-order valence-corrected chi connectivity index (χ0v) is 11.0. The largest absolute Gasteiger partial charge is 0.449 e. The van der Waals surface area contributed by atoms with E-state index in [1.54, 1.807) is 23.5 Å². The highest BCUT2D eigenvalue weighted by atomic mass is 32.2. The zero-order chi connectivity index (χ0) is 11.4. The molecule has 0 aliphatic rings. The van der Waals surface area contributed by atoms with Crippen LogP contribution in [-0.2, 0) is 4.74 Å². The quantitative estimate of drug-likeness (QED) is 0.332. The summed E-state index contributed by atoms with van der Waals surface area (Å²) in [6, 6.07) is 0. The molecule has 1 amide bonds. The van der Waals surface area contributed by atoms with E-state index < -0.39 is 0 Å². The van der Waals surface area contributed by atoms with Gasteiger partial charge in [-0.3, -0.25) is 0 Å². The van der Waals surface area contributed by atoms with Crippen molar-refractivity contribution in [2.45, 2.75) is 0 Å². The summed E-state index contributed by atoms with van der Waals surface area (Å²) in [6.07, 6.45) is -0.376. The number of rotatable bonds is 9. The number of aliphatic hydroxyl groups is 1.